The maximum Gasteiger partial charge on any atom is 0.420 e. The van der Waals surface area contributed by atoms with E-state index < -0.39 is 5.76 Å². The summed E-state index contributed by atoms with van der Waals surface area (Å²) in [6, 6.07) is 14.7. The second kappa shape index (κ2) is 8.08. The number of methoxy groups -OCH3 is 1. The van der Waals surface area contributed by atoms with Gasteiger partial charge in [-0.05, 0) is 29.8 Å². The Hall–Kier alpha value is -2.77. The van der Waals surface area contributed by atoms with Gasteiger partial charge in [0.15, 0.2) is 5.58 Å². The van der Waals surface area contributed by atoms with E-state index in [1.807, 2.05) is 30.3 Å². The number of oxazole rings is 1. The molecule has 1 aliphatic heterocycles. The summed E-state index contributed by atoms with van der Waals surface area (Å²) >= 11 is 0. The number of ether oxygens (including phenoxy) is 1. The van der Waals surface area contributed by atoms with Crippen LogP contribution in [0.3, 0.4) is 0 Å². The fraction of sp³-hybridized carbons (Fsp3) is 0.300. The summed E-state index contributed by atoms with van der Waals surface area (Å²) in [4.78, 5) is 26.6. The number of benzene rings is 2. The van der Waals surface area contributed by atoms with Crippen molar-refractivity contribution in [3.8, 4) is 5.75 Å². The Morgan fingerprint density at radius 2 is 1.89 bits per heavy atom. The molecule has 28 heavy (non-hydrogen) atoms. The van der Waals surface area contributed by atoms with E-state index in [0.717, 1.165) is 11.3 Å². The molecule has 2 heterocycles. The molecule has 7 nitrogen and oxygen atoms in total. The molecule has 0 spiro atoms. The highest BCUT2D eigenvalue weighted by atomic mass is 35.5. The lowest BCUT2D eigenvalue weighted by atomic mass is 9.95. The quantitative estimate of drug-likeness (QED) is 0.719. The van der Waals surface area contributed by atoms with Crippen molar-refractivity contribution in [1.82, 2.24) is 9.47 Å². The van der Waals surface area contributed by atoms with E-state index in [0.29, 0.717) is 24.2 Å². The lowest BCUT2D eigenvalue weighted by molar-refractivity contribution is -0.130. The topological polar surface area (TPSA) is 90.7 Å². The lowest BCUT2D eigenvalue weighted by Gasteiger charge is -2.17. The summed E-state index contributed by atoms with van der Waals surface area (Å²) in [7, 11) is 1.62. The summed E-state index contributed by atoms with van der Waals surface area (Å²) in [5.74, 6) is 0.164. The lowest BCUT2D eigenvalue weighted by Crippen LogP contribution is -2.35. The SMILES string of the molecule is COc1ccc(C2CN(C(=O)Cn3c(=O)oc4ccccc43)CC2N)cc1.Cl. The Kier molecular flexibility index (Phi) is 5.76. The first kappa shape index (κ1) is 20.0. The van der Waals surface area contributed by atoms with Crippen LogP contribution in [0.4, 0.5) is 0 Å². The average molecular weight is 404 g/mol. The van der Waals surface area contributed by atoms with Gasteiger partial charge in [0.05, 0.1) is 12.6 Å². The third-order valence-corrected chi connectivity index (χ3v) is 5.13. The minimum Gasteiger partial charge on any atom is -0.497 e. The number of rotatable bonds is 4. The van der Waals surface area contributed by atoms with Gasteiger partial charge in [-0.25, -0.2) is 4.79 Å². The van der Waals surface area contributed by atoms with Crippen LogP contribution in [0.2, 0.25) is 0 Å². The van der Waals surface area contributed by atoms with Crippen LogP contribution in [0, 0.1) is 0 Å². The zero-order valence-corrected chi connectivity index (χ0v) is 16.2. The highest BCUT2D eigenvalue weighted by Crippen LogP contribution is 2.28. The number of nitrogens with two attached hydrogens (primary N) is 1. The molecule has 3 aromatic rings. The molecule has 2 aromatic carbocycles. The molecule has 0 saturated carbocycles. The largest absolute Gasteiger partial charge is 0.497 e. The highest BCUT2D eigenvalue weighted by molar-refractivity contribution is 5.85. The molecular weight excluding hydrogens is 382 g/mol. The first-order valence-electron chi connectivity index (χ1n) is 8.82. The van der Waals surface area contributed by atoms with Crippen molar-refractivity contribution in [3.63, 3.8) is 0 Å². The van der Waals surface area contributed by atoms with Gasteiger partial charge in [-0.2, -0.15) is 0 Å². The van der Waals surface area contributed by atoms with Crippen LogP contribution in [0.25, 0.3) is 11.1 Å². The number of hydrogen-bond acceptors (Lipinski definition) is 5. The summed E-state index contributed by atoms with van der Waals surface area (Å²) < 4.78 is 11.7. The molecule has 148 valence electrons. The number of hydrogen-bond donors (Lipinski definition) is 1. The van der Waals surface area contributed by atoms with Gasteiger partial charge in [0.1, 0.15) is 12.3 Å². The predicted octanol–water partition coefficient (Wildman–Crippen LogP) is 1.98. The second-order valence-electron chi connectivity index (χ2n) is 6.76. The summed E-state index contributed by atoms with van der Waals surface area (Å²) in [6.45, 7) is 0.925. The van der Waals surface area contributed by atoms with Crippen molar-refractivity contribution in [2.24, 2.45) is 5.73 Å². The van der Waals surface area contributed by atoms with Crippen LogP contribution in [-0.2, 0) is 11.3 Å². The molecule has 1 saturated heterocycles. The van der Waals surface area contributed by atoms with Crippen LogP contribution in [0.1, 0.15) is 11.5 Å². The van der Waals surface area contributed by atoms with E-state index in [2.05, 4.69) is 0 Å². The molecule has 4 rings (SSSR count). The number of halogens is 1. The van der Waals surface area contributed by atoms with E-state index >= 15 is 0 Å². The minimum absolute atomic E-state index is 0. The molecule has 2 N–H and O–H groups in total. The van der Waals surface area contributed by atoms with Gasteiger partial charge in [0.2, 0.25) is 5.91 Å². The van der Waals surface area contributed by atoms with Gasteiger partial charge in [0.25, 0.3) is 0 Å². The predicted molar refractivity (Wildman–Crippen MR) is 108 cm³/mol. The zero-order chi connectivity index (χ0) is 19.0. The monoisotopic (exact) mass is 403 g/mol. The number of carbonyl (C=O) groups is 1. The first-order valence-corrected chi connectivity index (χ1v) is 8.82. The van der Waals surface area contributed by atoms with Crippen LogP contribution in [0.5, 0.6) is 5.75 Å². The summed E-state index contributed by atoms with van der Waals surface area (Å²) in [6.07, 6.45) is 0. The van der Waals surface area contributed by atoms with Gasteiger partial charge in [-0.3, -0.25) is 9.36 Å². The maximum absolute atomic E-state index is 12.8. The Morgan fingerprint density at radius 3 is 2.61 bits per heavy atom. The molecule has 1 aliphatic rings. The van der Waals surface area contributed by atoms with Gasteiger partial charge in [-0.15, -0.1) is 12.4 Å². The molecule has 1 aromatic heterocycles. The fourth-order valence-electron chi connectivity index (χ4n) is 3.64. The van der Waals surface area contributed by atoms with Gasteiger partial charge < -0.3 is 19.8 Å². The standard InChI is InChI=1S/C20H21N3O4.ClH/c1-26-14-8-6-13(7-9-14)15-10-22(11-16(15)21)19(24)12-23-17-4-2-3-5-18(17)27-20(23)25;/h2-9,15-16H,10-12,21H2,1H3;1H. The normalized spacial score (nSPS) is 18.9. The van der Waals surface area contributed by atoms with Crippen molar-refractivity contribution in [1.29, 1.82) is 0 Å². The molecule has 2 unspecified atom stereocenters. The Balaban J connectivity index is 0.00000225. The number of carbonyl (C=O) groups excluding carboxylic acids is 1. The van der Waals surface area contributed by atoms with Gasteiger partial charge in [0, 0.05) is 25.0 Å². The molecule has 0 bridgehead atoms. The van der Waals surface area contributed by atoms with Crippen LogP contribution in [-0.4, -0.2) is 41.6 Å². The number of nitrogens with zero attached hydrogens (tertiary/aromatic N) is 2. The van der Waals surface area contributed by atoms with Crippen molar-refractivity contribution >= 4 is 29.4 Å². The number of aromatic nitrogens is 1. The molecule has 0 radical (unpaired) electrons. The van der Waals surface area contributed by atoms with Crippen LogP contribution < -0.4 is 16.2 Å². The number of likely N-dealkylation sites (tertiary alicyclic amines) is 1. The summed E-state index contributed by atoms with van der Waals surface area (Å²) in [5, 5.41) is 0. The molecule has 1 amide bonds. The number of para-hydroxylation sites is 2. The Morgan fingerprint density at radius 1 is 1.18 bits per heavy atom. The smallest absolute Gasteiger partial charge is 0.420 e. The summed E-state index contributed by atoms with van der Waals surface area (Å²) in [5.41, 5.74) is 8.46. The Bertz CT molecular complexity index is 1030. The average Bonchev–Trinajstić information content (AvgIpc) is 3.22. The fourth-order valence-corrected chi connectivity index (χ4v) is 3.64. The van der Waals surface area contributed by atoms with Crippen molar-refractivity contribution < 1.29 is 13.9 Å². The van der Waals surface area contributed by atoms with Crippen molar-refractivity contribution in [2.45, 2.75) is 18.5 Å². The zero-order valence-electron chi connectivity index (χ0n) is 15.4. The molecule has 1 fully saturated rings. The Labute approximate surface area is 168 Å². The molecule has 2 atom stereocenters. The number of fused-ring (bicyclic) bond motifs is 1. The molecule has 0 aliphatic carbocycles. The van der Waals surface area contributed by atoms with E-state index in [4.69, 9.17) is 14.9 Å². The number of amides is 1. The van der Waals surface area contributed by atoms with Crippen molar-refractivity contribution in [2.75, 3.05) is 20.2 Å². The molecular formula is C20H22ClN3O4. The maximum atomic E-state index is 12.8. The first-order chi connectivity index (χ1) is 13.1. The third kappa shape index (κ3) is 3.63. The minimum atomic E-state index is -0.528. The van der Waals surface area contributed by atoms with E-state index in [-0.39, 0.29) is 36.8 Å². The van der Waals surface area contributed by atoms with E-state index in [1.165, 1.54) is 4.57 Å². The third-order valence-electron chi connectivity index (χ3n) is 5.13. The van der Waals surface area contributed by atoms with E-state index in [9.17, 15) is 9.59 Å². The van der Waals surface area contributed by atoms with Crippen molar-refractivity contribution in [3.05, 3.63) is 64.6 Å². The van der Waals surface area contributed by atoms with Gasteiger partial charge >= 0.3 is 5.76 Å². The highest BCUT2D eigenvalue weighted by Gasteiger charge is 2.34. The van der Waals surface area contributed by atoms with Crippen LogP contribution >= 0.6 is 12.4 Å². The van der Waals surface area contributed by atoms with Crippen LogP contribution in [0.15, 0.2) is 57.7 Å². The van der Waals surface area contributed by atoms with Gasteiger partial charge in [-0.1, -0.05) is 24.3 Å². The second-order valence-corrected chi connectivity index (χ2v) is 6.76. The van der Waals surface area contributed by atoms with E-state index in [1.54, 1.807) is 30.2 Å². The molecule has 8 heteroatoms.